The van der Waals surface area contributed by atoms with Crippen LogP contribution >= 0.6 is 11.3 Å². The van der Waals surface area contributed by atoms with Crippen molar-refractivity contribution in [1.29, 1.82) is 0 Å². The number of thiazole rings is 1. The number of hydrogen-bond acceptors (Lipinski definition) is 6. The summed E-state index contributed by atoms with van der Waals surface area (Å²) in [6, 6.07) is 11.0. The average molecular weight is 411 g/mol. The number of fused-ring (bicyclic) bond motifs is 2. The molecule has 2 aliphatic rings. The molecule has 6 nitrogen and oxygen atoms in total. The molecule has 3 aromatic rings. The standard InChI is InChI=1S/C21H18FN3O3S/c1-12-14-5-3-2-4-13(14)6-7-25(12)20(26)17-10-29-21(24-17)23-16-9-19-18(8-15(16)22)27-11-28-19/h2-5,8-10,12H,6-7,11H2,1H3,(H,23,24). The largest absolute Gasteiger partial charge is 0.454 e. The lowest BCUT2D eigenvalue weighted by Gasteiger charge is -2.34. The predicted molar refractivity (Wildman–Crippen MR) is 108 cm³/mol. The number of amides is 1. The van der Waals surface area contributed by atoms with Gasteiger partial charge < -0.3 is 19.7 Å². The zero-order valence-electron chi connectivity index (χ0n) is 15.6. The normalized spacial score (nSPS) is 17.2. The predicted octanol–water partition coefficient (Wildman–Crippen LogP) is 4.51. The number of halogens is 1. The van der Waals surface area contributed by atoms with E-state index in [2.05, 4.69) is 22.4 Å². The molecule has 8 heteroatoms. The maximum absolute atomic E-state index is 14.3. The number of benzene rings is 2. The molecule has 2 aliphatic heterocycles. The van der Waals surface area contributed by atoms with Crippen molar-refractivity contribution in [3.8, 4) is 11.5 Å². The van der Waals surface area contributed by atoms with Gasteiger partial charge >= 0.3 is 0 Å². The van der Waals surface area contributed by atoms with E-state index in [4.69, 9.17) is 9.47 Å². The van der Waals surface area contributed by atoms with Gasteiger partial charge in [0, 0.05) is 24.1 Å². The van der Waals surface area contributed by atoms with Gasteiger partial charge in [-0.05, 0) is 24.5 Å². The molecular weight excluding hydrogens is 393 g/mol. The van der Waals surface area contributed by atoms with Crippen LogP contribution in [0.5, 0.6) is 11.5 Å². The number of nitrogens with one attached hydrogen (secondary N) is 1. The van der Waals surface area contributed by atoms with Gasteiger partial charge in [0.25, 0.3) is 5.91 Å². The molecule has 1 atom stereocenters. The number of carbonyl (C=O) groups is 1. The third-order valence-electron chi connectivity index (χ3n) is 5.28. The van der Waals surface area contributed by atoms with Gasteiger partial charge in [0.2, 0.25) is 6.79 Å². The molecule has 148 valence electrons. The lowest BCUT2D eigenvalue weighted by atomic mass is 9.93. The summed E-state index contributed by atoms with van der Waals surface area (Å²) in [6.07, 6.45) is 0.823. The van der Waals surface area contributed by atoms with Gasteiger partial charge in [-0.1, -0.05) is 24.3 Å². The van der Waals surface area contributed by atoms with Crippen molar-refractivity contribution >= 4 is 28.1 Å². The van der Waals surface area contributed by atoms with E-state index in [1.165, 1.54) is 34.6 Å². The minimum atomic E-state index is -0.474. The van der Waals surface area contributed by atoms with E-state index in [-0.39, 0.29) is 24.4 Å². The second kappa shape index (κ2) is 7.04. The van der Waals surface area contributed by atoms with Gasteiger partial charge in [-0.15, -0.1) is 11.3 Å². The second-order valence-electron chi connectivity index (χ2n) is 6.97. The SMILES string of the molecule is CC1c2ccccc2CCN1C(=O)c1csc(Nc2cc3c(cc2F)OCO3)n1. The summed E-state index contributed by atoms with van der Waals surface area (Å²) in [5.74, 6) is 0.256. The van der Waals surface area contributed by atoms with Crippen LogP contribution in [0.25, 0.3) is 0 Å². The van der Waals surface area contributed by atoms with Crippen molar-refractivity contribution in [2.45, 2.75) is 19.4 Å². The maximum atomic E-state index is 14.3. The highest BCUT2D eigenvalue weighted by Gasteiger charge is 2.29. The van der Waals surface area contributed by atoms with Crippen LogP contribution in [0.4, 0.5) is 15.2 Å². The number of anilines is 2. The molecule has 0 radical (unpaired) electrons. The summed E-state index contributed by atoms with van der Waals surface area (Å²) >= 11 is 1.26. The zero-order valence-corrected chi connectivity index (χ0v) is 16.5. The van der Waals surface area contributed by atoms with Crippen LogP contribution in [0.3, 0.4) is 0 Å². The Labute approximate surface area is 170 Å². The molecule has 29 heavy (non-hydrogen) atoms. The van der Waals surface area contributed by atoms with Gasteiger partial charge in [-0.25, -0.2) is 9.37 Å². The Morgan fingerprint density at radius 2 is 2.07 bits per heavy atom. The Hall–Kier alpha value is -3.13. The molecule has 0 aliphatic carbocycles. The molecule has 1 amide bonds. The van der Waals surface area contributed by atoms with Crippen molar-refractivity contribution in [3.63, 3.8) is 0 Å². The topological polar surface area (TPSA) is 63.7 Å². The fourth-order valence-corrected chi connectivity index (χ4v) is 4.45. The average Bonchev–Trinajstić information content (AvgIpc) is 3.38. The van der Waals surface area contributed by atoms with E-state index in [1.807, 2.05) is 24.0 Å². The maximum Gasteiger partial charge on any atom is 0.273 e. The Bertz CT molecular complexity index is 1100. The molecule has 0 fully saturated rings. The third kappa shape index (κ3) is 3.19. The number of nitrogens with zero attached hydrogens (tertiary/aromatic N) is 2. The summed E-state index contributed by atoms with van der Waals surface area (Å²) in [5, 5.41) is 5.07. The second-order valence-corrected chi connectivity index (χ2v) is 7.83. The van der Waals surface area contributed by atoms with E-state index >= 15 is 0 Å². The number of aromatic nitrogens is 1. The van der Waals surface area contributed by atoms with Crippen molar-refractivity contribution in [2.75, 3.05) is 18.7 Å². The van der Waals surface area contributed by atoms with Gasteiger partial charge in [0.05, 0.1) is 11.7 Å². The lowest BCUT2D eigenvalue weighted by Crippen LogP contribution is -2.39. The molecule has 1 unspecified atom stereocenters. The smallest absolute Gasteiger partial charge is 0.273 e. The lowest BCUT2D eigenvalue weighted by molar-refractivity contribution is 0.0672. The summed E-state index contributed by atoms with van der Waals surface area (Å²) in [5.41, 5.74) is 3.03. The molecule has 0 saturated carbocycles. The molecule has 1 aromatic heterocycles. The summed E-state index contributed by atoms with van der Waals surface area (Å²) in [6.45, 7) is 2.75. The highest BCUT2D eigenvalue weighted by molar-refractivity contribution is 7.14. The number of rotatable bonds is 3. The van der Waals surface area contributed by atoms with E-state index in [1.54, 1.807) is 5.38 Å². The highest BCUT2D eigenvalue weighted by atomic mass is 32.1. The van der Waals surface area contributed by atoms with E-state index in [0.717, 1.165) is 6.42 Å². The summed E-state index contributed by atoms with van der Waals surface area (Å²) in [7, 11) is 0. The zero-order chi connectivity index (χ0) is 20.0. The van der Waals surface area contributed by atoms with Gasteiger partial charge in [0.1, 0.15) is 5.69 Å². The van der Waals surface area contributed by atoms with Gasteiger partial charge in [-0.3, -0.25) is 4.79 Å². The first kappa shape index (κ1) is 17.9. The fraction of sp³-hybridized carbons (Fsp3) is 0.238. The van der Waals surface area contributed by atoms with Crippen molar-refractivity contribution in [2.24, 2.45) is 0 Å². The number of ether oxygens (including phenoxy) is 2. The first-order chi connectivity index (χ1) is 14.1. The Morgan fingerprint density at radius 3 is 2.93 bits per heavy atom. The van der Waals surface area contributed by atoms with Crippen LogP contribution in [0, 0.1) is 5.82 Å². The Balaban J connectivity index is 1.35. The first-order valence-corrected chi connectivity index (χ1v) is 10.2. The molecule has 3 heterocycles. The van der Waals surface area contributed by atoms with Crippen LogP contribution in [-0.4, -0.2) is 29.1 Å². The molecule has 1 N–H and O–H groups in total. The van der Waals surface area contributed by atoms with Crippen molar-refractivity contribution < 1.29 is 18.7 Å². The monoisotopic (exact) mass is 411 g/mol. The van der Waals surface area contributed by atoms with Crippen molar-refractivity contribution in [1.82, 2.24) is 9.88 Å². The molecule has 5 rings (SSSR count). The molecule has 0 saturated heterocycles. The first-order valence-electron chi connectivity index (χ1n) is 9.30. The third-order valence-corrected chi connectivity index (χ3v) is 6.04. The Morgan fingerprint density at radius 1 is 1.28 bits per heavy atom. The van der Waals surface area contributed by atoms with Crippen LogP contribution in [0.15, 0.2) is 41.8 Å². The summed E-state index contributed by atoms with van der Waals surface area (Å²) in [4.78, 5) is 19.3. The van der Waals surface area contributed by atoms with Crippen LogP contribution in [-0.2, 0) is 6.42 Å². The molecular formula is C21H18FN3O3S. The fourth-order valence-electron chi connectivity index (χ4n) is 3.75. The minimum Gasteiger partial charge on any atom is -0.454 e. The van der Waals surface area contributed by atoms with Crippen LogP contribution in [0.1, 0.15) is 34.6 Å². The Kier molecular flexibility index (Phi) is 4.35. The minimum absolute atomic E-state index is 0.0168. The summed E-state index contributed by atoms with van der Waals surface area (Å²) < 4.78 is 24.7. The quantitative estimate of drug-likeness (QED) is 0.687. The molecule has 0 bridgehead atoms. The molecule has 2 aromatic carbocycles. The van der Waals surface area contributed by atoms with E-state index in [9.17, 15) is 9.18 Å². The van der Waals surface area contributed by atoms with Crippen molar-refractivity contribution in [3.05, 3.63) is 64.4 Å². The van der Waals surface area contributed by atoms with E-state index in [0.29, 0.717) is 28.9 Å². The van der Waals surface area contributed by atoms with Crippen LogP contribution < -0.4 is 14.8 Å². The van der Waals surface area contributed by atoms with Crippen LogP contribution in [0.2, 0.25) is 0 Å². The molecule has 0 spiro atoms. The number of carbonyl (C=O) groups excluding carboxylic acids is 1. The van der Waals surface area contributed by atoms with Gasteiger partial charge in [0.15, 0.2) is 22.4 Å². The van der Waals surface area contributed by atoms with E-state index < -0.39 is 5.82 Å². The highest BCUT2D eigenvalue weighted by Crippen LogP contribution is 2.38. The van der Waals surface area contributed by atoms with Gasteiger partial charge in [-0.2, -0.15) is 0 Å². The number of hydrogen-bond donors (Lipinski definition) is 1.